The first-order chi connectivity index (χ1) is 10.7. The summed E-state index contributed by atoms with van der Waals surface area (Å²) in [4.78, 5) is 2.56. The van der Waals surface area contributed by atoms with Crippen LogP contribution in [-0.4, -0.2) is 24.8 Å². The Bertz CT molecular complexity index is 578. The van der Waals surface area contributed by atoms with Gasteiger partial charge in [0.25, 0.3) is 5.17 Å². The van der Waals surface area contributed by atoms with Gasteiger partial charge in [0.05, 0.1) is 0 Å². The first kappa shape index (κ1) is 15.3. The summed E-state index contributed by atoms with van der Waals surface area (Å²) < 4.78 is 5.62. The van der Waals surface area contributed by atoms with Crippen LogP contribution in [0.3, 0.4) is 0 Å². The molecule has 0 radical (unpaired) electrons. The Labute approximate surface area is 138 Å². The number of ether oxygens (including phenoxy) is 1. The van der Waals surface area contributed by atoms with Crippen LogP contribution in [0.5, 0.6) is 0 Å². The Kier molecular flexibility index (Phi) is 4.67. The second kappa shape index (κ2) is 6.69. The summed E-state index contributed by atoms with van der Waals surface area (Å²) in [5, 5.41) is 3.46. The maximum atomic E-state index is 5.62. The summed E-state index contributed by atoms with van der Waals surface area (Å²) in [5.41, 5.74) is 5.74. The van der Waals surface area contributed by atoms with Gasteiger partial charge in [-0.3, -0.25) is 0 Å². The second-order valence-electron chi connectivity index (χ2n) is 6.06. The van der Waals surface area contributed by atoms with Crippen LogP contribution in [0.25, 0.3) is 6.08 Å². The van der Waals surface area contributed by atoms with Gasteiger partial charge >= 0.3 is 0 Å². The highest BCUT2D eigenvalue weighted by atomic mass is 32.1. The van der Waals surface area contributed by atoms with Gasteiger partial charge in [0.15, 0.2) is 0 Å². The van der Waals surface area contributed by atoms with Crippen molar-refractivity contribution in [3.05, 3.63) is 34.6 Å². The summed E-state index contributed by atoms with van der Waals surface area (Å²) in [6, 6.07) is 4.64. The molecule has 22 heavy (non-hydrogen) atoms. The molecule has 2 aliphatic rings. The molecule has 0 spiro atoms. The number of anilines is 1. The monoisotopic (exact) mass is 316 g/mol. The maximum absolute atomic E-state index is 5.62. The molecule has 1 N–H and O–H groups in total. The van der Waals surface area contributed by atoms with Crippen LogP contribution >= 0.6 is 12.2 Å². The van der Waals surface area contributed by atoms with Gasteiger partial charge < -0.3 is 15.0 Å². The summed E-state index contributed by atoms with van der Waals surface area (Å²) >= 11 is 5.14. The second-order valence-corrected chi connectivity index (χ2v) is 6.43. The van der Waals surface area contributed by atoms with Crippen LogP contribution in [0.15, 0.2) is 17.9 Å². The average molecular weight is 316 g/mol. The molecule has 3 rings (SSSR count). The molecular weight excluding hydrogens is 292 g/mol. The zero-order chi connectivity index (χ0) is 15.5. The van der Waals surface area contributed by atoms with Crippen molar-refractivity contribution in [2.75, 3.05) is 24.5 Å². The number of nitrogens with zero attached hydrogens (tertiary/aromatic N) is 1. The summed E-state index contributed by atoms with van der Waals surface area (Å²) in [7, 11) is 0. The fourth-order valence-corrected chi connectivity index (χ4v) is 3.78. The van der Waals surface area contributed by atoms with Crippen LogP contribution < -0.4 is 10.2 Å². The van der Waals surface area contributed by atoms with Crippen LogP contribution in [0.1, 0.15) is 43.4 Å². The van der Waals surface area contributed by atoms with E-state index in [0.29, 0.717) is 5.17 Å². The van der Waals surface area contributed by atoms with Crippen molar-refractivity contribution in [3.63, 3.8) is 0 Å². The van der Waals surface area contributed by atoms with Crippen LogP contribution in [0.4, 0.5) is 5.69 Å². The van der Waals surface area contributed by atoms with E-state index in [9.17, 15) is 0 Å². The fraction of sp³-hybridized carbons (Fsp3) is 0.500. The van der Waals surface area contributed by atoms with Crippen LogP contribution in [0, 0.1) is 0 Å². The van der Waals surface area contributed by atoms with E-state index in [1.165, 1.54) is 61.2 Å². The molecule has 0 fully saturated rings. The highest BCUT2D eigenvalue weighted by Gasteiger charge is 2.23. The molecule has 3 nitrogen and oxygen atoms in total. The SMILES string of the molecule is CCNC(=S)O/C(C)=C/c1cc2c3c(c1)CCCN3CCC2. The zero-order valence-electron chi connectivity index (χ0n) is 13.4. The fourth-order valence-electron chi connectivity index (χ4n) is 3.50. The number of thiocarbonyl (C=S) groups is 1. The van der Waals surface area contributed by atoms with E-state index < -0.39 is 0 Å². The van der Waals surface area contributed by atoms with Crippen molar-refractivity contribution in [2.24, 2.45) is 0 Å². The summed E-state index contributed by atoms with van der Waals surface area (Å²) in [6.07, 6.45) is 7.00. The highest BCUT2D eigenvalue weighted by Crippen LogP contribution is 2.36. The third-order valence-electron chi connectivity index (χ3n) is 4.30. The van der Waals surface area contributed by atoms with E-state index in [1.807, 2.05) is 13.8 Å². The largest absolute Gasteiger partial charge is 0.437 e. The Balaban J connectivity index is 1.85. The minimum absolute atomic E-state index is 0.446. The predicted molar refractivity (Wildman–Crippen MR) is 96.3 cm³/mol. The molecule has 0 atom stereocenters. The van der Waals surface area contributed by atoms with E-state index in [1.54, 1.807) is 0 Å². The van der Waals surface area contributed by atoms with E-state index in [4.69, 9.17) is 17.0 Å². The topological polar surface area (TPSA) is 24.5 Å². The summed E-state index contributed by atoms with van der Waals surface area (Å²) in [6.45, 7) is 7.18. The predicted octanol–water partition coefficient (Wildman–Crippen LogP) is 3.66. The average Bonchev–Trinajstić information content (AvgIpc) is 2.47. The maximum Gasteiger partial charge on any atom is 0.261 e. The third-order valence-corrected chi connectivity index (χ3v) is 4.53. The van der Waals surface area contributed by atoms with Gasteiger partial charge in [-0.25, -0.2) is 0 Å². The normalized spacial score (nSPS) is 17.0. The van der Waals surface area contributed by atoms with Gasteiger partial charge in [0, 0.05) is 25.3 Å². The number of nitrogens with one attached hydrogen (secondary N) is 1. The first-order valence-corrected chi connectivity index (χ1v) is 8.63. The van der Waals surface area contributed by atoms with Crippen molar-refractivity contribution in [1.29, 1.82) is 0 Å². The Morgan fingerprint density at radius 2 is 1.91 bits per heavy atom. The zero-order valence-corrected chi connectivity index (χ0v) is 14.3. The van der Waals surface area contributed by atoms with Gasteiger partial charge in [0.1, 0.15) is 5.76 Å². The van der Waals surface area contributed by atoms with Crippen molar-refractivity contribution in [2.45, 2.75) is 39.5 Å². The number of rotatable bonds is 3. The molecule has 1 aromatic carbocycles. The van der Waals surface area contributed by atoms with Gasteiger partial charge in [0.2, 0.25) is 0 Å². The van der Waals surface area contributed by atoms with Gasteiger partial charge in [-0.15, -0.1) is 0 Å². The van der Waals surface area contributed by atoms with E-state index in [0.717, 1.165) is 12.3 Å². The van der Waals surface area contributed by atoms with E-state index in [2.05, 4.69) is 28.4 Å². The minimum Gasteiger partial charge on any atom is -0.437 e. The number of benzene rings is 1. The molecule has 118 valence electrons. The van der Waals surface area contributed by atoms with Crippen LogP contribution in [0.2, 0.25) is 0 Å². The molecule has 0 aliphatic carbocycles. The van der Waals surface area contributed by atoms with Crippen molar-refractivity contribution in [3.8, 4) is 0 Å². The molecule has 2 heterocycles. The quantitative estimate of drug-likeness (QED) is 0.679. The molecule has 0 unspecified atom stereocenters. The number of aryl methyl sites for hydroxylation is 2. The molecule has 0 saturated heterocycles. The van der Waals surface area contributed by atoms with Gasteiger partial charge in [-0.1, -0.05) is 0 Å². The van der Waals surface area contributed by atoms with E-state index in [-0.39, 0.29) is 0 Å². The van der Waals surface area contributed by atoms with Gasteiger partial charge in [-0.2, -0.15) is 0 Å². The third kappa shape index (κ3) is 3.27. The van der Waals surface area contributed by atoms with Crippen molar-refractivity contribution in [1.82, 2.24) is 5.32 Å². The lowest BCUT2D eigenvalue weighted by atomic mass is 9.90. The first-order valence-electron chi connectivity index (χ1n) is 8.22. The number of allylic oxidation sites excluding steroid dienone is 1. The number of hydrogen-bond acceptors (Lipinski definition) is 3. The number of hydrogen-bond donors (Lipinski definition) is 1. The Morgan fingerprint density at radius 1 is 1.27 bits per heavy atom. The lowest BCUT2D eigenvalue weighted by Crippen LogP contribution is -2.34. The van der Waals surface area contributed by atoms with Crippen molar-refractivity contribution >= 4 is 29.2 Å². The smallest absolute Gasteiger partial charge is 0.261 e. The molecule has 4 heteroatoms. The lowest BCUT2D eigenvalue weighted by molar-refractivity contribution is 0.413. The molecule has 2 aliphatic heterocycles. The molecule has 0 aromatic heterocycles. The van der Waals surface area contributed by atoms with E-state index >= 15 is 0 Å². The van der Waals surface area contributed by atoms with Crippen LogP contribution in [-0.2, 0) is 17.6 Å². The van der Waals surface area contributed by atoms with Crippen molar-refractivity contribution < 1.29 is 4.74 Å². The standard InChI is InChI=1S/C18H24N2OS/c1-3-19-18(22)21-13(2)10-14-11-15-6-4-8-20-9-5-7-16(12-14)17(15)20/h10-12H,3-9H2,1-2H3,(H,19,22)/b13-10+. The molecule has 0 saturated carbocycles. The minimum atomic E-state index is 0.446. The van der Waals surface area contributed by atoms with Gasteiger partial charge in [-0.05, 0) is 86.6 Å². The Morgan fingerprint density at radius 3 is 2.50 bits per heavy atom. The molecule has 1 aromatic rings. The molecule has 0 bridgehead atoms. The summed E-state index contributed by atoms with van der Waals surface area (Å²) in [5.74, 6) is 0.835. The molecular formula is C18H24N2OS. The molecule has 0 amide bonds. The highest BCUT2D eigenvalue weighted by molar-refractivity contribution is 7.80. The lowest BCUT2D eigenvalue weighted by Gasteiger charge is -2.37. The Hall–Kier alpha value is -1.55.